The minimum Gasteiger partial charge on any atom is -0.393 e. The third kappa shape index (κ3) is 4.75. The van der Waals surface area contributed by atoms with E-state index in [2.05, 4.69) is 5.32 Å². The molecule has 0 heterocycles. The Balaban J connectivity index is 2.44. The Morgan fingerprint density at radius 2 is 2.24 bits per heavy atom. The number of aliphatic hydroxyl groups is 1. The molecule has 2 N–H and O–H groups in total. The predicted molar refractivity (Wildman–Crippen MR) is 69.4 cm³/mol. The fourth-order valence-corrected chi connectivity index (χ4v) is 1.60. The molecule has 0 fully saturated rings. The summed E-state index contributed by atoms with van der Waals surface area (Å²) in [4.78, 5) is 11.7. The van der Waals surface area contributed by atoms with Crippen LogP contribution >= 0.6 is 11.6 Å². The number of carbonyl (C=O) groups is 1. The van der Waals surface area contributed by atoms with Crippen molar-refractivity contribution in [3.63, 3.8) is 0 Å². The molecule has 94 valence electrons. The number of halogens is 1. The Labute approximate surface area is 107 Å². The molecule has 1 unspecified atom stereocenters. The normalized spacial score (nSPS) is 12.2. The van der Waals surface area contributed by atoms with E-state index in [1.165, 1.54) is 0 Å². The maximum atomic E-state index is 11.7. The number of hydrogen-bond acceptors (Lipinski definition) is 2. The van der Waals surface area contributed by atoms with Crippen LogP contribution in [0.3, 0.4) is 0 Å². The standard InChI is InChI=1S/C13H18ClNO2/c1-9-8-11(5-6-12(9)14)13(17)15-7-3-4-10(2)16/h5-6,8,10,16H,3-4,7H2,1-2H3,(H,15,17). The van der Waals surface area contributed by atoms with E-state index in [9.17, 15) is 4.79 Å². The summed E-state index contributed by atoms with van der Waals surface area (Å²) in [5, 5.41) is 12.5. The first-order chi connectivity index (χ1) is 8.00. The van der Waals surface area contributed by atoms with Crippen molar-refractivity contribution in [2.45, 2.75) is 32.8 Å². The first kappa shape index (κ1) is 14.0. The molecule has 0 aliphatic rings. The van der Waals surface area contributed by atoms with Crippen molar-refractivity contribution in [1.82, 2.24) is 5.32 Å². The Morgan fingerprint density at radius 1 is 1.53 bits per heavy atom. The van der Waals surface area contributed by atoms with E-state index in [1.54, 1.807) is 25.1 Å². The Bertz CT molecular complexity index is 391. The van der Waals surface area contributed by atoms with Crippen molar-refractivity contribution in [3.05, 3.63) is 34.3 Å². The molecule has 4 heteroatoms. The molecule has 1 rings (SSSR count). The highest BCUT2D eigenvalue weighted by molar-refractivity contribution is 6.31. The van der Waals surface area contributed by atoms with Crippen LogP contribution < -0.4 is 5.32 Å². The van der Waals surface area contributed by atoms with E-state index in [4.69, 9.17) is 16.7 Å². The third-order valence-corrected chi connectivity index (χ3v) is 2.93. The zero-order valence-electron chi connectivity index (χ0n) is 10.2. The Kier molecular flexibility index (Phi) is 5.45. The molecule has 0 spiro atoms. The summed E-state index contributed by atoms with van der Waals surface area (Å²) >= 11 is 5.89. The lowest BCUT2D eigenvalue weighted by Crippen LogP contribution is -2.25. The Morgan fingerprint density at radius 3 is 2.82 bits per heavy atom. The first-order valence-electron chi connectivity index (χ1n) is 5.73. The van der Waals surface area contributed by atoms with Gasteiger partial charge in [-0.3, -0.25) is 4.79 Å². The molecule has 3 nitrogen and oxygen atoms in total. The van der Waals surface area contributed by atoms with Gasteiger partial charge in [0.1, 0.15) is 0 Å². The summed E-state index contributed by atoms with van der Waals surface area (Å²) in [5.74, 6) is -0.102. The average molecular weight is 256 g/mol. The summed E-state index contributed by atoms with van der Waals surface area (Å²) < 4.78 is 0. The van der Waals surface area contributed by atoms with Gasteiger partial charge in [0.25, 0.3) is 5.91 Å². The molecule has 0 saturated carbocycles. The predicted octanol–water partition coefficient (Wildman–Crippen LogP) is 2.54. The number of carbonyl (C=O) groups excluding carboxylic acids is 1. The molecular formula is C13H18ClNO2. The summed E-state index contributed by atoms with van der Waals surface area (Å²) in [6.07, 6.45) is 1.15. The topological polar surface area (TPSA) is 49.3 Å². The summed E-state index contributed by atoms with van der Waals surface area (Å²) in [6.45, 7) is 4.18. The van der Waals surface area contributed by atoms with E-state index in [0.717, 1.165) is 12.0 Å². The van der Waals surface area contributed by atoms with Crippen LogP contribution in [0, 0.1) is 6.92 Å². The molecule has 17 heavy (non-hydrogen) atoms. The summed E-state index contributed by atoms with van der Waals surface area (Å²) in [7, 11) is 0. The fourth-order valence-electron chi connectivity index (χ4n) is 1.49. The zero-order chi connectivity index (χ0) is 12.8. The smallest absolute Gasteiger partial charge is 0.251 e. The van der Waals surface area contributed by atoms with Crippen molar-refractivity contribution in [2.24, 2.45) is 0 Å². The highest BCUT2D eigenvalue weighted by Gasteiger charge is 2.06. The third-order valence-electron chi connectivity index (χ3n) is 2.50. The van der Waals surface area contributed by atoms with Crippen LogP contribution in [0.25, 0.3) is 0 Å². The highest BCUT2D eigenvalue weighted by Crippen LogP contribution is 2.16. The number of hydrogen-bond donors (Lipinski definition) is 2. The number of benzene rings is 1. The average Bonchev–Trinajstić information content (AvgIpc) is 2.27. The van der Waals surface area contributed by atoms with Gasteiger partial charge in [0.05, 0.1) is 6.10 Å². The van der Waals surface area contributed by atoms with E-state index in [-0.39, 0.29) is 12.0 Å². The minimum atomic E-state index is -0.315. The molecule has 0 saturated heterocycles. The van der Waals surface area contributed by atoms with E-state index in [0.29, 0.717) is 23.6 Å². The second kappa shape index (κ2) is 6.62. The van der Waals surface area contributed by atoms with Gasteiger partial charge in [-0.2, -0.15) is 0 Å². The second-order valence-corrected chi connectivity index (χ2v) is 4.62. The molecule has 0 aliphatic carbocycles. The lowest BCUT2D eigenvalue weighted by atomic mass is 10.1. The van der Waals surface area contributed by atoms with Crippen molar-refractivity contribution in [2.75, 3.05) is 6.54 Å². The van der Waals surface area contributed by atoms with Gasteiger partial charge in [0, 0.05) is 17.1 Å². The number of aliphatic hydroxyl groups excluding tert-OH is 1. The summed E-state index contributed by atoms with van der Waals surface area (Å²) in [6, 6.07) is 5.20. The number of amides is 1. The molecule has 1 aromatic rings. The zero-order valence-corrected chi connectivity index (χ0v) is 10.9. The maximum absolute atomic E-state index is 11.7. The van der Waals surface area contributed by atoms with Crippen LogP contribution in [-0.2, 0) is 0 Å². The van der Waals surface area contributed by atoms with Gasteiger partial charge in [0.15, 0.2) is 0 Å². The molecule has 1 atom stereocenters. The van der Waals surface area contributed by atoms with E-state index in [1.807, 2.05) is 6.92 Å². The van der Waals surface area contributed by atoms with Crippen LogP contribution in [0.1, 0.15) is 35.7 Å². The lowest BCUT2D eigenvalue weighted by Gasteiger charge is -2.07. The quantitative estimate of drug-likeness (QED) is 0.795. The van der Waals surface area contributed by atoms with Gasteiger partial charge in [0.2, 0.25) is 0 Å². The first-order valence-corrected chi connectivity index (χ1v) is 6.11. The minimum absolute atomic E-state index is 0.102. The highest BCUT2D eigenvalue weighted by atomic mass is 35.5. The Hall–Kier alpha value is -1.06. The van der Waals surface area contributed by atoms with Crippen LogP contribution in [0.4, 0.5) is 0 Å². The van der Waals surface area contributed by atoms with Gasteiger partial charge in [-0.1, -0.05) is 11.6 Å². The van der Waals surface area contributed by atoms with Crippen LogP contribution in [-0.4, -0.2) is 23.7 Å². The van der Waals surface area contributed by atoms with Crippen molar-refractivity contribution >= 4 is 17.5 Å². The van der Waals surface area contributed by atoms with Gasteiger partial charge in [-0.05, 0) is 50.5 Å². The summed E-state index contributed by atoms with van der Waals surface area (Å²) in [5.41, 5.74) is 1.51. The SMILES string of the molecule is Cc1cc(C(=O)NCCCC(C)O)ccc1Cl. The maximum Gasteiger partial charge on any atom is 0.251 e. The molecule has 0 aromatic heterocycles. The molecule has 0 aliphatic heterocycles. The largest absolute Gasteiger partial charge is 0.393 e. The monoisotopic (exact) mass is 255 g/mol. The van der Waals surface area contributed by atoms with Crippen LogP contribution in [0.2, 0.25) is 5.02 Å². The molecule has 1 amide bonds. The molecule has 0 bridgehead atoms. The lowest BCUT2D eigenvalue weighted by molar-refractivity contribution is 0.0949. The fraction of sp³-hybridized carbons (Fsp3) is 0.462. The van der Waals surface area contributed by atoms with E-state index >= 15 is 0 Å². The number of aryl methyl sites for hydroxylation is 1. The molecule has 1 aromatic carbocycles. The van der Waals surface area contributed by atoms with Gasteiger partial charge < -0.3 is 10.4 Å². The van der Waals surface area contributed by atoms with Gasteiger partial charge >= 0.3 is 0 Å². The van der Waals surface area contributed by atoms with E-state index < -0.39 is 0 Å². The molecular weight excluding hydrogens is 238 g/mol. The van der Waals surface area contributed by atoms with Crippen LogP contribution in [0.15, 0.2) is 18.2 Å². The second-order valence-electron chi connectivity index (χ2n) is 4.21. The van der Waals surface area contributed by atoms with Crippen molar-refractivity contribution < 1.29 is 9.90 Å². The van der Waals surface area contributed by atoms with Gasteiger partial charge in [-0.15, -0.1) is 0 Å². The van der Waals surface area contributed by atoms with Gasteiger partial charge in [-0.25, -0.2) is 0 Å². The van der Waals surface area contributed by atoms with Crippen LogP contribution in [0.5, 0.6) is 0 Å². The van der Waals surface area contributed by atoms with Crippen molar-refractivity contribution in [3.8, 4) is 0 Å². The molecule has 0 radical (unpaired) electrons. The number of nitrogens with one attached hydrogen (secondary N) is 1. The van der Waals surface area contributed by atoms with Crippen molar-refractivity contribution in [1.29, 1.82) is 0 Å². The number of rotatable bonds is 5.